The van der Waals surface area contributed by atoms with E-state index in [-0.39, 0.29) is 6.61 Å². The minimum atomic E-state index is -0.587. The molecule has 3 rings (SSSR count). The van der Waals surface area contributed by atoms with Crippen molar-refractivity contribution in [1.82, 2.24) is 9.78 Å². The summed E-state index contributed by atoms with van der Waals surface area (Å²) in [5, 5.41) is 16.3. The summed E-state index contributed by atoms with van der Waals surface area (Å²) >= 11 is 6.02. The van der Waals surface area contributed by atoms with Crippen LogP contribution in [0.15, 0.2) is 60.9 Å². The third-order valence-corrected chi connectivity index (χ3v) is 3.97. The van der Waals surface area contributed by atoms with Crippen LogP contribution in [0.3, 0.4) is 0 Å². The zero-order valence-electron chi connectivity index (χ0n) is 13.7. The molecule has 0 atom stereocenters. The van der Waals surface area contributed by atoms with Crippen LogP contribution in [0.2, 0.25) is 5.02 Å². The first kappa shape index (κ1) is 17.5. The Balaban J connectivity index is 1.55. The Hall–Kier alpha value is -3.30. The number of ether oxygens (including phenoxy) is 1. The van der Waals surface area contributed by atoms with Gasteiger partial charge in [0.05, 0.1) is 30.1 Å². The van der Waals surface area contributed by atoms with Crippen LogP contribution in [0.5, 0.6) is 0 Å². The Morgan fingerprint density at radius 3 is 2.92 bits per heavy atom. The van der Waals surface area contributed by atoms with E-state index >= 15 is 0 Å². The van der Waals surface area contributed by atoms with Gasteiger partial charge in [0.25, 0.3) is 0 Å². The zero-order valence-corrected chi connectivity index (χ0v) is 14.5. The van der Waals surface area contributed by atoms with Gasteiger partial charge in [0, 0.05) is 16.8 Å². The van der Waals surface area contributed by atoms with Crippen LogP contribution in [0.1, 0.15) is 16.7 Å². The molecule has 1 heterocycles. The normalized spacial score (nSPS) is 10.2. The van der Waals surface area contributed by atoms with E-state index in [0.717, 1.165) is 11.1 Å². The number of anilines is 1. The Morgan fingerprint density at radius 2 is 2.12 bits per heavy atom. The van der Waals surface area contributed by atoms with Crippen molar-refractivity contribution in [2.45, 2.75) is 13.2 Å². The first-order chi connectivity index (χ1) is 12.6. The number of carbonyl (C=O) groups excluding carboxylic acids is 1. The zero-order chi connectivity index (χ0) is 18.4. The lowest BCUT2D eigenvalue weighted by atomic mass is 10.1. The highest BCUT2D eigenvalue weighted by molar-refractivity contribution is 6.31. The van der Waals surface area contributed by atoms with E-state index in [1.54, 1.807) is 35.1 Å². The molecule has 0 aliphatic heterocycles. The van der Waals surface area contributed by atoms with Crippen LogP contribution in [-0.2, 0) is 17.9 Å². The number of nitriles is 1. The first-order valence-electron chi connectivity index (χ1n) is 7.83. The van der Waals surface area contributed by atoms with Crippen molar-refractivity contribution < 1.29 is 9.53 Å². The Morgan fingerprint density at radius 1 is 1.27 bits per heavy atom. The summed E-state index contributed by atoms with van der Waals surface area (Å²) < 4.78 is 6.83. The molecule has 1 N–H and O–H groups in total. The fourth-order valence-corrected chi connectivity index (χ4v) is 2.54. The fraction of sp³-hybridized carbons (Fsp3) is 0.105. The fourth-order valence-electron chi connectivity index (χ4n) is 2.35. The summed E-state index contributed by atoms with van der Waals surface area (Å²) in [6, 6.07) is 16.6. The molecule has 0 saturated carbocycles. The largest absolute Gasteiger partial charge is 0.444 e. The lowest BCUT2D eigenvalue weighted by molar-refractivity contribution is 0.155. The topological polar surface area (TPSA) is 79.9 Å². The molecule has 3 aromatic rings. The molecule has 0 radical (unpaired) electrons. The van der Waals surface area contributed by atoms with Crippen LogP contribution >= 0.6 is 11.6 Å². The van der Waals surface area contributed by atoms with E-state index < -0.39 is 6.09 Å². The van der Waals surface area contributed by atoms with E-state index in [0.29, 0.717) is 22.8 Å². The number of amides is 1. The lowest BCUT2D eigenvalue weighted by Gasteiger charge is -2.06. The minimum Gasteiger partial charge on any atom is -0.444 e. The van der Waals surface area contributed by atoms with E-state index in [1.807, 2.05) is 24.3 Å². The molecule has 1 aromatic heterocycles. The second-order valence-corrected chi connectivity index (χ2v) is 5.94. The van der Waals surface area contributed by atoms with Gasteiger partial charge in [-0.15, -0.1) is 0 Å². The van der Waals surface area contributed by atoms with Gasteiger partial charge in [-0.2, -0.15) is 10.4 Å². The quantitative estimate of drug-likeness (QED) is 0.733. The van der Waals surface area contributed by atoms with E-state index in [9.17, 15) is 4.79 Å². The van der Waals surface area contributed by atoms with Gasteiger partial charge in [0.1, 0.15) is 6.61 Å². The molecule has 130 valence electrons. The van der Waals surface area contributed by atoms with Gasteiger partial charge in [0.15, 0.2) is 0 Å². The van der Waals surface area contributed by atoms with Gasteiger partial charge in [-0.05, 0) is 23.8 Å². The Labute approximate surface area is 155 Å². The van der Waals surface area contributed by atoms with E-state index in [2.05, 4.69) is 16.5 Å². The average Bonchev–Trinajstić information content (AvgIpc) is 3.08. The maximum absolute atomic E-state index is 11.9. The Bertz CT molecular complexity index is 962. The maximum Gasteiger partial charge on any atom is 0.412 e. The second-order valence-electron chi connectivity index (χ2n) is 5.53. The van der Waals surface area contributed by atoms with E-state index in [1.165, 1.54) is 6.20 Å². The third kappa shape index (κ3) is 4.62. The molecule has 0 spiro atoms. The first-order valence-corrected chi connectivity index (χ1v) is 8.20. The highest BCUT2D eigenvalue weighted by Crippen LogP contribution is 2.16. The molecule has 1 amide bonds. The number of rotatable bonds is 5. The summed E-state index contributed by atoms with van der Waals surface area (Å²) in [6.07, 6.45) is 2.64. The molecule has 0 aliphatic rings. The number of halogens is 1. The summed E-state index contributed by atoms with van der Waals surface area (Å²) in [5.74, 6) is 0. The monoisotopic (exact) mass is 366 g/mol. The number of aromatic nitrogens is 2. The van der Waals surface area contributed by atoms with Crippen LogP contribution in [0.4, 0.5) is 10.5 Å². The summed E-state index contributed by atoms with van der Waals surface area (Å²) in [5.41, 5.74) is 2.79. The van der Waals surface area contributed by atoms with Gasteiger partial charge >= 0.3 is 6.09 Å². The number of nitrogens with one attached hydrogen (secondary N) is 1. The molecule has 0 fully saturated rings. The van der Waals surface area contributed by atoms with Crippen molar-refractivity contribution in [3.63, 3.8) is 0 Å². The molecule has 0 unspecified atom stereocenters. The van der Waals surface area contributed by atoms with Crippen LogP contribution in [-0.4, -0.2) is 15.9 Å². The van der Waals surface area contributed by atoms with Gasteiger partial charge in [0.2, 0.25) is 0 Å². The predicted molar refractivity (Wildman–Crippen MR) is 97.7 cm³/mol. The number of hydrogen-bond acceptors (Lipinski definition) is 4. The SMILES string of the molecule is N#Cc1cccc(Cn2cc(NC(=O)OCc3ccccc3Cl)cn2)c1. The van der Waals surface area contributed by atoms with Crippen molar-refractivity contribution in [2.24, 2.45) is 0 Å². The van der Waals surface area contributed by atoms with Crippen molar-refractivity contribution in [3.8, 4) is 6.07 Å². The molecule has 6 nitrogen and oxygen atoms in total. The van der Waals surface area contributed by atoms with Crippen LogP contribution in [0.25, 0.3) is 0 Å². The minimum absolute atomic E-state index is 0.0839. The molecular weight excluding hydrogens is 352 g/mol. The van der Waals surface area contributed by atoms with E-state index in [4.69, 9.17) is 21.6 Å². The molecule has 7 heteroatoms. The molecule has 0 saturated heterocycles. The molecule has 2 aromatic carbocycles. The summed E-state index contributed by atoms with van der Waals surface area (Å²) in [7, 11) is 0. The van der Waals surface area contributed by atoms with Crippen LogP contribution in [0, 0.1) is 11.3 Å². The second kappa shape index (κ2) is 8.19. The number of hydrogen-bond donors (Lipinski definition) is 1. The van der Waals surface area contributed by atoms with Gasteiger partial charge in [-0.25, -0.2) is 4.79 Å². The number of benzene rings is 2. The number of nitrogens with zero attached hydrogens (tertiary/aromatic N) is 3. The average molecular weight is 367 g/mol. The Kier molecular flexibility index (Phi) is 5.52. The standard InChI is InChI=1S/C19H15ClN4O2/c20-18-7-2-1-6-16(18)13-26-19(25)23-17-10-22-24(12-17)11-15-5-3-4-14(8-15)9-21/h1-8,10,12H,11,13H2,(H,23,25). The third-order valence-electron chi connectivity index (χ3n) is 3.60. The van der Waals surface area contributed by atoms with Crippen molar-refractivity contribution in [3.05, 3.63) is 82.6 Å². The molecular formula is C19H15ClN4O2. The number of carbonyl (C=O) groups is 1. The molecule has 26 heavy (non-hydrogen) atoms. The predicted octanol–water partition coefficient (Wildman–Crippen LogP) is 4.21. The summed E-state index contributed by atoms with van der Waals surface area (Å²) in [6.45, 7) is 0.576. The summed E-state index contributed by atoms with van der Waals surface area (Å²) in [4.78, 5) is 11.9. The lowest BCUT2D eigenvalue weighted by Crippen LogP contribution is -2.13. The van der Waals surface area contributed by atoms with Gasteiger partial charge in [-0.1, -0.05) is 41.9 Å². The smallest absolute Gasteiger partial charge is 0.412 e. The highest BCUT2D eigenvalue weighted by Gasteiger charge is 2.08. The van der Waals surface area contributed by atoms with Gasteiger partial charge < -0.3 is 4.74 Å². The highest BCUT2D eigenvalue weighted by atomic mass is 35.5. The van der Waals surface area contributed by atoms with Crippen molar-refractivity contribution in [1.29, 1.82) is 5.26 Å². The molecule has 0 bridgehead atoms. The van der Waals surface area contributed by atoms with Crippen molar-refractivity contribution >= 4 is 23.4 Å². The van der Waals surface area contributed by atoms with Crippen molar-refractivity contribution in [2.75, 3.05) is 5.32 Å². The van der Waals surface area contributed by atoms with Gasteiger partial charge in [-0.3, -0.25) is 10.00 Å². The maximum atomic E-state index is 11.9. The molecule has 0 aliphatic carbocycles. The van der Waals surface area contributed by atoms with Crippen LogP contribution < -0.4 is 5.32 Å².